The average molecular weight is 473 g/mol. The molecule has 2 fully saturated rings. The van der Waals surface area contributed by atoms with Gasteiger partial charge in [0.15, 0.2) is 5.82 Å². The second kappa shape index (κ2) is 8.37. The Kier molecular flexibility index (Phi) is 5.89. The lowest BCUT2D eigenvalue weighted by Crippen LogP contribution is -2.27. The van der Waals surface area contributed by atoms with E-state index in [9.17, 15) is 31.6 Å². The fourth-order valence-corrected chi connectivity index (χ4v) is 4.70. The summed E-state index contributed by atoms with van der Waals surface area (Å²) in [6.07, 6.45) is -4.84. The molecule has 1 aromatic heterocycles. The molecule has 5 nitrogen and oxygen atoms in total. The molecule has 2 aromatic rings. The quantitative estimate of drug-likeness (QED) is 0.482. The molecule has 2 aliphatic rings. The lowest BCUT2D eigenvalue weighted by atomic mass is 10.0. The van der Waals surface area contributed by atoms with E-state index >= 15 is 0 Å². The van der Waals surface area contributed by atoms with Crippen LogP contribution in [0.15, 0.2) is 35.2 Å². The number of nitrogens with one attached hydrogen (secondary N) is 2. The molecule has 0 spiro atoms. The average Bonchev–Trinajstić information content (AvgIpc) is 3.29. The van der Waals surface area contributed by atoms with Crippen molar-refractivity contribution < 1.29 is 26.3 Å². The van der Waals surface area contributed by atoms with Crippen LogP contribution >= 0.6 is 11.8 Å². The largest absolute Gasteiger partial charge is 0.446 e. The maximum absolute atomic E-state index is 13.8. The first-order valence-corrected chi connectivity index (χ1v) is 10.5. The molecular weight excluding hydrogens is 456 g/mol. The van der Waals surface area contributed by atoms with E-state index in [0.29, 0.717) is 13.1 Å². The Morgan fingerprint density at radius 3 is 2.34 bits per heavy atom. The van der Waals surface area contributed by atoms with E-state index < -0.39 is 40.4 Å². The zero-order chi connectivity index (χ0) is 23.1. The van der Waals surface area contributed by atoms with Crippen LogP contribution in [0.5, 0.6) is 0 Å². The van der Waals surface area contributed by atoms with E-state index in [0.717, 1.165) is 19.2 Å². The van der Waals surface area contributed by atoms with Crippen LogP contribution in [-0.2, 0) is 6.18 Å². The molecule has 12 heteroatoms. The van der Waals surface area contributed by atoms with Crippen LogP contribution < -0.4 is 15.5 Å². The van der Waals surface area contributed by atoms with Crippen LogP contribution in [0.4, 0.5) is 43.7 Å². The molecule has 170 valence electrons. The van der Waals surface area contributed by atoms with Crippen molar-refractivity contribution in [2.45, 2.75) is 16.6 Å². The van der Waals surface area contributed by atoms with Crippen LogP contribution in [0.3, 0.4) is 0 Å². The first kappa shape index (κ1) is 22.5. The number of fused-ring (bicyclic) bond motifs is 1. The number of anilines is 3. The van der Waals surface area contributed by atoms with E-state index in [4.69, 9.17) is 0 Å². The minimum Gasteiger partial charge on any atom is -0.356 e. The van der Waals surface area contributed by atoms with Crippen molar-refractivity contribution in [1.82, 2.24) is 10.3 Å². The minimum atomic E-state index is -4.84. The Morgan fingerprint density at radius 2 is 1.75 bits per heavy atom. The maximum atomic E-state index is 13.8. The number of para-hydroxylation sites is 1. The SMILES string of the molecule is N#Cc1c(C(F)(F)F)cc(N2C[C@H]3CNC[C@H]3C2)nc1Nc1ccccc1SC(F)(F)F. The predicted octanol–water partition coefficient (Wildman–Crippen LogP) is 4.98. The van der Waals surface area contributed by atoms with Crippen molar-refractivity contribution in [3.63, 3.8) is 0 Å². The summed E-state index contributed by atoms with van der Waals surface area (Å²) in [7, 11) is 0. The summed E-state index contributed by atoms with van der Waals surface area (Å²) < 4.78 is 80.0. The summed E-state index contributed by atoms with van der Waals surface area (Å²) in [4.78, 5) is 5.73. The smallest absolute Gasteiger partial charge is 0.356 e. The number of halogens is 6. The van der Waals surface area contributed by atoms with Crippen molar-refractivity contribution in [3.05, 3.63) is 41.5 Å². The van der Waals surface area contributed by atoms with Gasteiger partial charge >= 0.3 is 11.7 Å². The van der Waals surface area contributed by atoms with Gasteiger partial charge in [-0.2, -0.15) is 31.6 Å². The highest BCUT2D eigenvalue weighted by Crippen LogP contribution is 2.43. The lowest BCUT2D eigenvalue weighted by molar-refractivity contribution is -0.137. The van der Waals surface area contributed by atoms with Crippen LogP contribution in [-0.4, -0.2) is 36.7 Å². The number of rotatable bonds is 4. The summed E-state index contributed by atoms with van der Waals surface area (Å²) in [6.45, 7) is 2.54. The highest BCUT2D eigenvalue weighted by molar-refractivity contribution is 8.00. The summed E-state index contributed by atoms with van der Waals surface area (Å²) in [5.41, 5.74) is -6.63. The van der Waals surface area contributed by atoms with Crippen molar-refractivity contribution in [1.29, 1.82) is 5.26 Å². The van der Waals surface area contributed by atoms with Gasteiger partial charge in [-0.25, -0.2) is 4.98 Å². The molecular formula is C20H17F6N5S. The number of thioether (sulfide) groups is 1. The highest BCUT2D eigenvalue weighted by atomic mass is 32.2. The lowest BCUT2D eigenvalue weighted by Gasteiger charge is -2.23. The van der Waals surface area contributed by atoms with Crippen molar-refractivity contribution >= 4 is 29.1 Å². The molecule has 0 saturated carbocycles. The molecule has 4 rings (SSSR count). The number of aromatic nitrogens is 1. The third-order valence-electron chi connectivity index (χ3n) is 5.50. The fourth-order valence-electron chi connectivity index (χ4n) is 4.07. The Bertz CT molecular complexity index is 1040. The Morgan fingerprint density at radius 1 is 1.09 bits per heavy atom. The summed E-state index contributed by atoms with van der Waals surface area (Å²) in [5.74, 6) is 0.168. The molecule has 0 radical (unpaired) electrons. The maximum Gasteiger partial charge on any atom is 0.446 e. The van der Waals surface area contributed by atoms with Gasteiger partial charge in [-0.05, 0) is 41.8 Å². The van der Waals surface area contributed by atoms with Crippen LogP contribution in [0.1, 0.15) is 11.1 Å². The zero-order valence-corrected chi connectivity index (χ0v) is 17.2. The third kappa shape index (κ3) is 4.73. The zero-order valence-electron chi connectivity index (χ0n) is 16.4. The molecule has 0 aliphatic carbocycles. The van der Waals surface area contributed by atoms with E-state index in [1.54, 1.807) is 4.90 Å². The van der Waals surface area contributed by atoms with Crippen LogP contribution in [0.25, 0.3) is 0 Å². The Labute approximate surface area is 183 Å². The van der Waals surface area contributed by atoms with E-state index in [-0.39, 0.29) is 28.2 Å². The van der Waals surface area contributed by atoms with Gasteiger partial charge in [0, 0.05) is 31.1 Å². The summed E-state index contributed by atoms with van der Waals surface area (Å²) in [6, 6.07) is 7.66. The van der Waals surface area contributed by atoms with E-state index in [2.05, 4.69) is 15.6 Å². The van der Waals surface area contributed by atoms with Gasteiger partial charge < -0.3 is 15.5 Å². The van der Waals surface area contributed by atoms with Crippen molar-refractivity contribution in [2.75, 3.05) is 36.4 Å². The molecule has 1 aromatic carbocycles. The summed E-state index contributed by atoms with van der Waals surface area (Å²) in [5, 5.41) is 15.2. The van der Waals surface area contributed by atoms with Gasteiger partial charge in [0.25, 0.3) is 0 Å². The molecule has 0 amide bonds. The van der Waals surface area contributed by atoms with E-state index in [1.165, 1.54) is 30.3 Å². The highest BCUT2D eigenvalue weighted by Gasteiger charge is 2.40. The predicted molar refractivity (Wildman–Crippen MR) is 108 cm³/mol. The molecule has 2 atom stereocenters. The number of hydrogen-bond acceptors (Lipinski definition) is 6. The second-order valence-corrected chi connectivity index (χ2v) is 8.72. The fraction of sp³-hybridized carbons (Fsp3) is 0.400. The monoisotopic (exact) mass is 473 g/mol. The normalized spacial score (nSPS) is 20.8. The molecule has 32 heavy (non-hydrogen) atoms. The van der Waals surface area contributed by atoms with Gasteiger partial charge in [0.2, 0.25) is 0 Å². The number of hydrogen-bond donors (Lipinski definition) is 2. The second-order valence-electron chi connectivity index (χ2n) is 7.61. The number of nitrogens with zero attached hydrogens (tertiary/aromatic N) is 3. The number of alkyl halides is 6. The van der Waals surface area contributed by atoms with E-state index in [1.807, 2.05) is 0 Å². The molecule has 2 aliphatic heterocycles. The van der Waals surface area contributed by atoms with Crippen LogP contribution in [0, 0.1) is 23.2 Å². The summed E-state index contributed by atoms with van der Waals surface area (Å²) >= 11 is -0.402. The van der Waals surface area contributed by atoms with Gasteiger partial charge in [-0.15, -0.1) is 0 Å². The van der Waals surface area contributed by atoms with Gasteiger partial charge in [0.05, 0.1) is 11.3 Å². The Hall–Kier alpha value is -2.65. The molecule has 2 N–H and O–H groups in total. The topological polar surface area (TPSA) is 64.0 Å². The number of benzene rings is 1. The van der Waals surface area contributed by atoms with Gasteiger partial charge in [-0.3, -0.25) is 0 Å². The van der Waals surface area contributed by atoms with Crippen molar-refractivity contribution in [3.8, 4) is 6.07 Å². The molecule has 0 bridgehead atoms. The van der Waals surface area contributed by atoms with Gasteiger partial charge in [-0.1, -0.05) is 12.1 Å². The first-order chi connectivity index (χ1) is 15.0. The Balaban J connectivity index is 1.76. The number of nitriles is 1. The van der Waals surface area contributed by atoms with Crippen molar-refractivity contribution in [2.24, 2.45) is 11.8 Å². The third-order valence-corrected chi connectivity index (χ3v) is 6.31. The minimum absolute atomic E-state index is 0.0363. The molecule has 2 saturated heterocycles. The number of pyridine rings is 1. The van der Waals surface area contributed by atoms with Crippen LogP contribution in [0.2, 0.25) is 0 Å². The van der Waals surface area contributed by atoms with Gasteiger partial charge in [0.1, 0.15) is 17.5 Å². The molecule has 0 unspecified atom stereocenters. The standard InChI is InChI=1S/C20H17F6N5S/c21-19(22,23)14-5-17(31-9-11-7-28-8-12(11)10-31)30-18(13(14)6-27)29-15-3-1-2-4-16(15)32-20(24,25)26/h1-5,11-12,28H,7-10H2,(H,29,30)/t11-,12+. The first-order valence-electron chi connectivity index (χ1n) is 9.65. The molecule has 3 heterocycles.